The van der Waals surface area contributed by atoms with E-state index in [1.807, 2.05) is 6.92 Å². The Morgan fingerprint density at radius 3 is 2.28 bits per heavy atom. The summed E-state index contributed by atoms with van der Waals surface area (Å²) >= 11 is 2.07. The third-order valence-electron chi connectivity index (χ3n) is 3.45. The van der Waals surface area contributed by atoms with E-state index in [4.69, 9.17) is 0 Å². The number of anilines is 1. The Bertz CT molecular complexity index is 369. The van der Waals surface area contributed by atoms with E-state index in [9.17, 15) is 5.11 Å². The van der Waals surface area contributed by atoms with Gasteiger partial charge in [-0.25, -0.2) is 0 Å². The summed E-state index contributed by atoms with van der Waals surface area (Å²) < 4.78 is 0. The number of nitrogens with zero attached hydrogens (tertiary/aromatic N) is 1. The molecule has 0 aromatic heterocycles. The lowest BCUT2D eigenvalue weighted by atomic mass is 10.1. The van der Waals surface area contributed by atoms with Crippen molar-refractivity contribution >= 4 is 17.4 Å². The van der Waals surface area contributed by atoms with Crippen LogP contribution < -0.4 is 4.90 Å². The molecule has 0 saturated carbocycles. The van der Waals surface area contributed by atoms with E-state index < -0.39 is 0 Å². The van der Waals surface area contributed by atoms with Crippen LogP contribution in [0.3, 0.4) is 0 Å². The molecule has 1 aromatic rings. The predicted octanol–water partition coefficient (Wildman–Crippen LogP) is 3.46. The Labute approximate surface area is 114 Å². The standard InChI is InChI=1S/C15H23NOS/c1-4-15(17)13-5-7-14(8-6-13)16-9-11(2)18-12(3)10-16/h5-8,11-12,15,17H,4,9-10H2,1-3H3/t11?,12?,15-/m1/s1. The first kappa shape index (κ1) is 13.8. The van der Waals surface area contributed by atoms with Crippen LogP contribution >= 0.6 is 11.8 Å². The highest BCUT2D eigenvalue weighted by Gasteiger charge is 2.22. The van der Waals surface area contributed by atoms with Crippen LogP contribution in [-0.4, -0.2) is 28.7 Å². The highest BCUT2D eigenvalue weighted by atomic mass is 32.2. The molecule has 0 radical (unpaired) electrons. The van der Waals surface area contributed by atoms with Gasteiger partial charge in [0.1, 0.15) is 0 Å². The first-order valence-electron chi connectivity index (χ1n) is 6.78. The molecule has 1 aliphatic rings. The molecule has 1 heterocycles. The van der Waals surface area contributed by atoms with Gasteiger partial charge in [-0.2, -0.15) is 11.8 Å². The van der Waals surface area contributed by atoms with Crippen molar-refractivity contribution in [1.82, 2.24) is 0 Å². The largest absolute Gasteiger partial charge is 0.388 e. The zero-order valence-electron chi connectivity index (χ0n) is 11.5. The lowest BCUT2D eigenvalue weighted by Crippen LogP contribution is -2.40. The molecule has 3 heteroatoms. The fourth-order valence-electron chi connectivity index (χ4n) is 2.53. The quantitative estimate of drug-likeness (QED) is 0.905. The van der Waals surface area contributed by atoms with E-state index >= 15 is 0 Å². The predicted molar refractivity (Wildman–Crippen MR) is 80.4 cm³/mol. The van der Waals surface area contributed by atoms with Gasteiger partial charge in [0.15, 0.2) is 0 Å². The molecule has 2 nitrogen and oxygen atoms in total. The van der Waals surface area contributed by atoms with Crippen LogP contribution in [0.4, 0.5) is 5.69 Å². The second-order valence-electron chi connectivity index (χ2n) is 5.18. The maximum Gasteiger partial charge on any atom is 0.0787 e. The number of hydrogen-bond donors (Lipinski definition) is 1. The molecular formula is C15H23NOS. The minimum atomic E-state index is -0.325. The molecule has 100 valence electrons. The second kappa shape index (κ2) is 5.98. The normalized spacial score (nSPS) is 26.1. The van der Waals surface area contributed by atoms with Gasteiger partial charge in [0.05, 0.1) is 6.10 Å². The highest BCUT2D eigenvalue weighted by molar-refractivity contribution is 8.00. The molecule has 18 heavy (non-hydrogen) atoms. The Balaban J connectivity index is 2.09. The summed E-state index contributed by atoms with van der Waals surface area (Å²) in [5.74, 6) is 0. The van der Waals surface area contributed by atoms with Crippen LogP contribution in [-0.2, 0) is 0 Å². The Kier molecular flexibility index (Phi) is 4.57. The molecule has 2 unspecified atom stereocenters. The maximum atomic E-state index is 9.80. The van der Waals surface area contributed by atoms with Gasteiger partial charge in [-0.3, -0.25) is 0 Å². The minimum Gasteiger partial charge on any atom is -0.388 e. The molecule has 1 N–H and O–H groups in total. The molecule has 1 fully saturated rings. The van der Waals surface area contributed by atoms with E-state index in [1.54, 1.807) is 0 Å². The van der Waals surface area contributed by atoms with Crippen molar-refractivity contribution in [3.05, 3.63) is 29.8 Å². The van der Waals surface area contributed by atoms with Crippen LogP contribution in [0, 0.1) is 0 Å². The molecule has 0 spiro atoms. The second-order valence-corrected chi connectivity index (χ2v) is 7.06. The number of benzene rings is 1. The zero-order chi connectivity index (χ0) is 13.1. The fraction of sp³-hybridized carbons (Fsp3) is 0.600. The van der Waals surface area contributed by atoms with E-state index in [2.05, 4.69) is 54.8 Å². The van der Waals surface area contributed by atoms with Crippen LogP contribution in [0.25, 0.3) is 0 Å². The van der Waals surface area contributed by atoms with Gasteiger partial charge in [0, 0.05) is 29.3 Å². The number of aliphatic hydroxyl groups excluding tert-OH is 1. The van der Waals surface area contributed by atoms with Gasteiger partial charge in [-0.15, -0.1) is 0 Å². The fourth-order valence-corrected chi connectivity index (χ4v) is 3.86. The van der Waals surface area contributed by atoms with Gasteiger partial charge in [0.2, 0.25) is 0 Å². The van der Waals surface area contributed by atoms with Crippen molar-refractivity contribution in [2.45, 2.75) is 43.8 Å². The van der Waals surface area contributed by atoms with Gasteiger partial charge < -0.3 is 10.0 Å². The SMILES string of the molecule is CC[C@@H](O)c1ccc(N2CC(C)SC(C)C2)cc1. The summed E-state index contributed by atoms with van der Waals surface area (Å²) in [7, 11) is 0. The van der Waals surface area contributed by atoms with Crippen molar-refractivity contribution in [3.63, 3.8) is 0 Å². The Morgan fingerprint density at radius 2 is 1.78 bits per heavy atom. The highest BCUT2D eigenvalue weighted by Crippen LogP contribution is 2.29. The van der Waals surface area contributed by atoms with E-state index in [1.165, 1.54) is 5.69 Å². The number of hydrogen-bond acceptors (Lipinski definition) is 3. The van der Waals surface area contributed by atoms with Gasteiger partial charge in [0.25, 0.3) is 0 Å². The van der Waals surface area contributed by atoms with Crippen LogP contribution in [0.2, 0.25) is 0 Å². The summed E-state index contributed by atoms with van der Waals surface area (Å²) in [5.41, 5.74) is 2.30. The van der Waals surface area contributed by atoms with Crippen molar-refractivity contribution in [3.8, 4) is 0 Å². The molecule has 1 aliphatic heterocycles. The lowest BCUT2D eigenvalue weighted by Gasteiger charge is -2.36. The monoisotopic (exact) mass is 265 g/mol. The minimum absolute atomic E-state index is 0.325. The van der Waals surface area contributed by atoms with Crippen LogP contribution in [0.15, 0.2) is 24.3 Å². The third-order valence-corrected chi connectivity index (χ3v) is 4.68. The Hall–Kier alpha value is -0.670. The van der Waals surface area contributed by atoms with E-state index in [0.717, 1.165) is 25.1 Å². The van der Waals surface area contributed by atoms with E-state index in [-0.39, 0.29) is 6.10 Å². The summed E-state index contributed by atoms with van der Waals surface area (Å²) in [4.78, 5) is 2.45. The van der Waals surface area contributed by atoms with Crippen molar-refractivity contribution < 1.29 is 5.11 Å². The summed E-state index contributed by atoms with van der Waals surface area (Å²) in [5, 5.41) is 11.2. The van der Waals surface area contributed by atoms with Gasteiger partial charge in [-0.1, -0.05) is 32.9 Å². The molecule has 1 saturated heterocycles. The smallest absolute Gasteiger partial charge is 0.0787 e. The van der Waals surface area contributed by atoms with Crippen molar-refractivity contribution in [1.29, 1.82) is 0 Å². The summed E-state index contributed by atoms with van der Waals surface area (Å²) in [6, 6.07) is 8.40. The van der Waals surface area contributed by atoms with Crippen LogP contribution in [0.5, 0.6) is 0 Å². The molecule has 0 amide bonds. The number of thioether (sulfide) groups is 1. The zero-order valence-corrected chi connectivity index (χ0v) is 12.3. The molecule has 2 rings (SSSR count). The maximum absolute atomic E-state index is 9.80. The average Bonchev–Trinajstić information content (AvgIpc) is 2.37. The van der Waals surface area contributed by atoms with Gasteiger partial charge >= 0.3 is 0 Å². The first-order valence-corrected chi connectivity index (χ1v) is 7.73. The lowest BCUT2D eigenvalue weighted by molar-refractivity contribution is 0.173. The molecule has 1 aromatic carbocycles. The topological polar surface area (TPSA) is 23.5 Å². The average molecular weight is 265 g/mol. The van der Waals surface area contributed by atoms with Crippen molar-refractivity contribution in [2.24, 2.45) is 0 Å². The summed E-state index contributed by atoms with van der Waals surface area (Å²) in [6.45, 7) is 8.82. The third kappa shape index (κ3) is 3.21. The molecular weight excluding hydrogens is 242 g/mol. The van der Waals surface area contributed by atoms with E-state index in [0.29, 0.717) is 10.5 Å². The molecule has 3 atom stereocenters. The van der Waals surface area contributed by atoms with Gasteiger partial charge in [-0.05, 0) is 24.1 Å². The number of rotatable bonds is 3. The summed E-state index contributed by atoms with van der Waals surface area (Å²) in [6.07, 6.45) is 0.446. The first-order chi connectivity index (χ1) is 8.60. The van der Waals surface area contributed by atoms with Crippen LogP contribution in [0.1, 0.15) is 38.9 Å². The Morgan fingerprint density at radius 1 is 1.22 bits per heavy atom. The molecule has 0 bridgehead atoms. The van der Waals surface area contributed by atoms with Crippen molar-refractivity contribution in [2.75, 3.05) is 18.0 Å². The molecule has 0 aliphatic carbocycles. The number of aliphatic hydroxyl groups is 1.